The van der Waals surface area contributed by atoms with Crippen LogP contribution in [0.15, 0.2) is 48.5 Å². The van der Waals surface area contributed by atoms with Crippen LogP contribution in [0.2, 0.25) is 5.02 Å². The van der Waals surface area contributed by atoms with Crippen molar-refractivity contribution in [2.75, 3.05) is 11.9 Å². The molecule has 0 aromatic heterocycles. The Balaban J connectivity index is 1.29. The minimum Gasteiger partial charge on any atom is -0.390 e. The maximum absolute atomic E-state index is 13.0. The fourth-order valence-corrected chi connectivity index (χ4v) is 5.29. The van der Waals surface area contributed by atoms with Gasteiger partial charge >= 0.3 is 0 Å². The molecule has 2 aliphatic rings. The molecule has 176 valence electrons. The molecule has 5 nitrogen and oxygen atoms in total. The molecule has 6 heteroatoms. The smallest absolute Gasteiger partial charge is 0.226 e. The van der Waals surface area contributed by atoms with Crippen LogP contribution in [0.3, 0.4) is 0 Å². The summed E-state index contributed by atoms with van der Waals surface area (Å²) in [6.45, 7) is 2.67. The molecule has 2 amide bonds. The molecule has 2 N–H and O–H groups in total. The third-order valence-electron chi connectivity index (χ3n) is 7.11. The van der Waals surface area contributed by atoms with Gasteiger partial charge in [-0.25, -0.2) is 0 Å². The highest BCUT2D eigenvalue weighted by atomic mass is 35.5. The van der Waals surface area contributed by atoms with Gasteiger partial charge < -0.3 is 15.3 Å². The van der Waals surface area contributed by atoms with E-state index in [-0.39, 0.29) is 23.8 Å². The first-order valence-electron chi connectivity index (χ1n) is 12.0. The average Bonchev–Trinajstić information content (AvgIpc) is 3.15. The van der Waals surface area contributed by atoms with Gasteiger partial charge in [0.1, 0.15) is 0 Å². The minimum absolute atomic E-state index is 0.0456. The predicted molar refractivity (Wildman–Crippen MR) is 131 cm³/mol. The number of carbonyl (C=O) groups is 2. The second-order valence-electron chi connectivity index (χ2n) is 9.79. The molecule has 0 radical (unpaired) electrons. The normalized spacial score (nSPS) is 25.3. The van der Waals surface area contributed by atoms with Gasteiger partial charge in [0.15, 0.2) is 0 Å². The second kappa shape index (κ2) is 10.3. The molecule has 1 saturated heterocycles. The van der Waals surface area contributed by atoms with Gasteiger partial charge in [-0.3, -0.25) is 9.59 Å². The van der Waals surface area contributed by atoms with Gasteiger partial charge in [0, 0.05) is 35.6 Å². The summed E-state index contributed by atoms with van der Waals surface area (Å²) in [4.78, 5) is 27.4. The zero-order valence-electron chi connectivity index (χ0n) is 19.2. The van der Waals surface area contributed by atoms with E-state index in [2.05, 4.69) is 5.32 Å². The van der Waals surface area contributed by atoms with Crippen molar-refractivity contribution < 1.29 is 14.7 Å². The van der Waals surface area contributed by atoms with Crippen LogP contribution in [0, 0.1) is 5.92 Å². The van der Waals surface area contributed by atoms with Gasteiger partial charge in [-0.05, 0) is 75.1 Å². The van der Waals surface area contributed by atoms with Gasteiger partial charge in [0.2, 0.25) is 11.8 Å². The number of likely N-dealkylation sites (tertiary alicyclic amines) is 1. The highest BCUT2D eigenvalue weighted by molar-refractivity contribution is 6.31. The van der Waals surface area contributed by atoms with Gasteiger partial charge in [-0.15, -0.1) is 0 Å². The average molecular weight is 469 g/mol. The number of amides is 2. The first-order valence-corrected chi connectivity index (χ1v) is 12.3. The van der Waals surface area contributed by atoms with Crippen molar-refractivity contribution in [1.82, 2.24) is 4.90 Å². The van der Waals surface area contributed by atoms with Crippen molar-refractivity contribution >= 4 is 29.1 Å². The number of anilines is 1. The molecular formula is C27H33ClN2O3. The topological polar surface area (TPSA) is 69.6 Å². The summed E-state index contributed by atoms with van der Waals surface area (Å²) in [5.41, 5.74) is 2.15. The summed E-state index contributed by atoms with van der Waals surface area (Å²) in [5.74, 6) is 0.0999. The Morgan fingerprint density at radius 1 is 1.15 bits per heavy atom. The molecule has 4 rings (SSSR count). The molecule has 2 fully saturated rings. The first kappa shape index (κ1) is 23.8. The lowest BCUT2D eigenvalue weighted by molar-refractivity contribution is -0.134. The zero-order chi connectivity index (χ0) is 23.4. The Labute approximate surface area is 201 Å². The fraction of sp³-hybridized carbons (Fsp3) is 0.481. The Kier molecular flexibility index (Phi) is 7.40. The summed E-state index contributed by atoms with van der Waals surface area (Å²) in [6.07, 6.45) is 5.77. The van der Waals surface area contributed by atoms with Crippen LogP contribution in [0.5, 0.6) is 0 Å². The number of benzene rings is 2. The standard InChI is InChI=1S/C27H33ClN2O3/c1-27(33)14-11-23(12-15-27)30-16-13-21(26(30)32)17-20-8-9-22(18-24(20)28)29-25(31)10-7-19-5-3-2-4-6-19/h2-6,8-9,18,21,23,33H,7,10-17H2,1H3,(H,29,31). The largest absolute Gasteiger partial charge is 0.390 e. The van der Waals surface area contributed by atoms with Crippen molar-refractivity contribution in [3.63, 3.8) is 0 Å². The Hall–Kier alpha value is -2.37. The lowest BCUT2D eigenvalue weighted by atomic mass is 9.83. The summed E-state index contributed by atoms with van der Waals surface area (Å²) in [5, 5.41) is 13.7. The van der Waals surface area contributed by atoms with E-state index >= 15 is 0 Å². The summed E-state index contributed by atoms with van der Waals surface area (Å²) < 4.78 is 0. The number of carbonyl (C=O) groups excluding carboxylic acids is 2. The number of aliphatic hydroxyl groups is 1. The molecule has 0 spiro atoms. The van der Waals surface area contributed by atoms with E-state index in [4.69, 9.17) is 11.6 Å². The Bertz CT molecular complexity index is 982. The van der Waals surface area contributed by atoms with Crippen LogP contribution in [0.4, 0.5) is 5.69 Å². The van der Waals surface area contributed by atoms with Gasteiger partial charge in [0.25, 0.3) is 0 Å². The van der Waals surface area contributed by atoms with E-state index < -0.39 is 5.60 Å². The number of rotatable bonds is 7. The van der Waals surface area contributed by atoms with Crippen LogP contribution in [-0.2, 0) is 22.4 Å². The monoisotopic (exact) mass is 468 g/mol. The van der Waals surface area contributed by atoms with Crippen LogP contribution >= 0.6 is 11.6 Å². The van der Waals surface area contributed by atoms with E-state index in [0.29, 0.717) is 30.0 Å². The van der Waals surface area contributed by atoms with Crippen molar-refractivity contribution in [3.05, 3.63) is 64.7 Å². The summed E-state index contributed by atoms with van der Waals surface area (Å²) in [6, 6.07) is 15.7. The molecule has 0 bridgehead atoms. The number of nitrogens with one attached hydrogen (secondary N) is 1. The number of aryl methyl sites for hydroxylation is 1. The van der Waals surface area contributed by atoms with Gasteiger partial charge in [0.05, 0.1) is 5.60 Å². The van der Waals surface area contributed by atoms with Crippen molar-refractivity contribution in [3.8, 4) is 0 Å². The number of hydrogen-bond donors (Lipinski definition) is 2. The maximum atomic E-state index is 13.0. The van der Waals surface area contributed by atoms with E-state index in [9.17, 15) is 14.7 Å². The molecule has 1 atom stereocenters. The van der Waals surface area contributed by atoms with E-state index in [1.54, 1.807) is 6.07 Å². The van der Waals surface area contributed by atoms with Crippen molar-refractivity contribution in [2.45, 2.75) is 69.9 Å². The summed E-state index contributed by atoms with van der Waals surface area (Å²) >= 11 is 6.52. The third kappa shape index (κ3) is 6.15. The predicted octanol–water partition coefficient (Wildman–Crippen LogP) is 5.00. The van der Waals surface area contributed by atoms with Gasteiger partial charge in [-0.2, -0.15) is 0 Å². The van der Waals surface area contributed by atoms with Crippen LogP contribution in [0.1, 0.15) is 56.6 Å². The highest BCUT2D eigenvalue weighted by Crippen LogP contribution is 2.35. The number of hydrogen-bond acceptors (Lipinski definition) is 3. The van der Waals surface area contributed by atoms with Crippen molar-refractivity contribution in [1.29, 1.82) is 0 Å². The molecule has 1 saturated carbocycles. The van der Waals surface area contributed by atoms with E-state index in [1.807, 2.05) is 54.3 Å². The Morgan fingerprint density at radius 2 is 1.88 bits per heavy atom. The first-order chi connectivity index (χ1) is 15.8. The highest BCUT2D eigenvalue weighted by Gasteiger charge is 2.39. The number of halogens is 1. The molecule has 1 unspecified atom stereocenters. The SMILES string of the molecule is CC1(O)CCC(N2CCC(Cc3ccc(NC(=O)CCc4ccccc4)cc3Cl)C2=O)CC1. The maximum Gasteiger partial charge on any atom is 0.226 e. The van der Waals surface area contributed by atoms with Crippen LogP contribution in [0.25, 0.3) is 0 Å². The molecule has 2 aromatic rings. The second-order valence-corrected chi connectivity index (χ2v) is 10.2. The van der Waals surface area contributed by atoms with Crippen LogP contribution < -0.4 is 5.32 Å². The molecule has 1 aliphatic heterocycles. The molecule has 1 heterocycles. The van der Waals surface area contributed by atoms with Gasteiger partial charge in [-0.1, -0.05) is 48.0 Å². The van der Waals surface area contributed by atoms with Crippen LogP contribution in [-0.4, -0.2) is 40.0 Å². The molecular weight excluding hydrogens is 436 g/mol. The molecule has 1 aliphatic carbocycles. The minimum atomic E-state index is -0.592. The van der Waals surface area contributed by atoms with E-state index in [1.165, 1.54) is 0 Å². The number of nitrogens with zero attached hydrogens (tertiary/aromatic N) is 1. The molecule has 33 heavy (non-hydrogen) atoms. The fourth-order valence-electron chi connectivity index (χ4n) is 5.03. The molecule has 2 aromatic carbocycles. The quantitative estimate of drug-likeness (QED) is 0.601. The Morgan fingerprint density at radius 3 is 2.58 bits per heavy atom. The summed E-state index contributed by atoms with van der Waals surface area (Å²) in [7, 11) is 0. The van der Waals surface area contributed by atoms with E-state index in [0.717, 1.165) is 49.8 Å². The zero-order valence-corrected chi connectivity index (χ0v) is 20.0. The third-order valence-corrected chi connectivity index (χ3v) is 7.46. The lowest BCUT2D eigenvalue weighted by Gasteiger charge is -2.37. The van der Waals surface area contributed by atoms with Crippen molar-refractivity contribution in [2.24, 2.45) is 5.92 Å². The lowest BCUT2D eigenvalue weighted by Crippen LogP contribution is -2.43.